The standard InChI is InChI=1S/C13H18ClNS/c1-2-16-8-7-13(9-15-10-13)11-5-3-4-6-12(11)14/h3-6,15H,2,7-10H2,1H3. The maximum Gasteiger partial charge on any atom is 0.0444 e. The predicted octanol–water partition coefficient (Wildman–Crippen LogP) is 3.32. The summed E-state index contributed by atoms with van der Waals surface area (Å²) in [6.45, 7) is 4.36. The van der Waals surface area contributed by atoms with Crippen molar-refractivity contribution in [1.82, 2.24) is 5.32 Å². The molecule has 1 aromatic rings. The number of halogens is 1. The van der Waals surface area contributed by atoms with E-state index in [9.17, 15) is 0 Å². The predicted molar refractivity (Wildman–Crippen MR) is 73.6 cm³/mol. The summed E-state index contributed by atoms with van der Waals surface area (Å²) in [6, 6.07) is 8.28. The molecular formula is C13H18ClNS. The summed E-state index contributed by atoms with van der Waals surface area (Å²) in [5.41, 5.74) is 1.62. The van der Waals surface area contributed by atoms with Crippen LogP contribution in [0.15, 0.2) is 24.3 Å². The molecule has 1 aliphatic rings. The van der Waals surface area contributed by atoms with Gasteiger partial charge in [-0.05, 0) is 29.6 Å². The van der Waals surface area contributed by atoms with Crippen LogP contribution in [0.1, 0.15) is 18.9 Å². The lowest BCUT2D eigenvalue weighted by Crippen LogP contribution is -2.57. The number of benzene rings is 1. The van der Waals surface area contributed by atoms with E-state index in [2.05, 4.69) is 24.4 Å². The molecule has 0 atom stereocenters. The third-order valence-electron chi connectivity index (χ3n) is 3.30. The van der Waals surface area contributed by atoms with Crippen molar-refractivity contribution in [3.63, 3.8) is 0 Å². The van der Waals surface area contributed by atoms with E-state index in [4.69, 9.17) is 11.6 Å². The van der Waals surface area contributed by atoms with E-state index in [1.54, 1.807) is 0 Å². The van der Waals surface area contributed by atoms with Crippen LogP contribution < -0.4 is 5.32 Å². The Morgan fingerprint density at radius 1 is 1.38 bits per heavy atom. The summed E-state index contributed by atoms with van der Waals surface area (Å²) < 4.78 is 0. The molecule has 0 amide bonds. The zero-order valence-corrected chi connectivity index (χ0v) is 11.2. The third kappa shape index (κ3) is 2.39. The van der Waals surface area contributed by atoms with Gasteiger partial charge in [-0.15, -0.1) is 0 Å². The summed E-state index contributed by atoms with van der Waals surface area (Å²) in [4.78, 5) is 0. The fourth-order valence-corrected chi connectivity index (χ4v) is 3.39. The van der Waals surface area contributed by atoms with Gasteiger partial charge in [0.05, 0.1) is 0 Å². The third-order valence-corrected chi connectivity index (χ3v) is 4.53. The topological polar surface area (TPSA) is 12.0 Å². The molecule has 2 rings (SSSR count). The average molecular weight is 256 g/mol. The summed E-state index contributed by atoms with van der Waals surface area (Å²) in [7, 11) is 0. The van der Waals surface area contributed by atoms with Gasteiger partial charge in [-0.2, -0.15) is 11.8 Å². The Labute approximate surface area is 107 Å². The van der Waals surface area contributed by atoms with Gasteiger partial charge in [0.25, 0.3) is 0 Å². The first kappa shape index (κ1) is 12.3. The number of rotatable bonds is 5. The van der Waals surface area contributed by atoms with Crippen molar-refractivity contribution >= 4 is 23.4 Å². The van der Waals surface area contributed by atoms with E-state index in [-0.39, 0.29) is 0 Å². The summed E-state index contributed by atoms with van der Waals surface area (Å²) in [6.07, 6.45) is 1.22. The molecule has 0 aliphatic carbocycles. The SMILES string of the molecule is CCSCCC1(c2ccccc2Cl)CNC1. The maximum absolute atomic E-state index is 6.30. The van der Waals surface area contributed by atoms with Gasteiger partial charge < -0.3 is 5.32 Å². The van der Waals surface area contributed by atoms with Gasteiger partial charge in [0, 0.05) is 23.5 Å². The van der Waals surface area contributed by atoms with E-state index in [1.165, 1.54) is 23.5 Å². The Hall–Kier alpha value is -0.180. The molecule has 0 radical (unpaired) electrons. The van der Waals surface area contributed by atoms with Crippen LogP contribution in [0.5, 0.6) is 0 Å². The zero-order chi connectivity index (χ0) is 11.4. The van der Waals surface area contributed by atoms with Crippen LogP contribution in [-0.4, -0.2) is 24.6 Å². The molecule has 1 fully saturated rings. The van der Waals surface area contributed by atoms with E-state index in [0.717, 1.165) is 18.1 Å². The van der Waals surface area contributed by atoms with Gasteiger partial charge in [0.2, 0.25) is 0 Å². The van der Waals surface area contributed by atoms with Crippen LogP contribution in [0.2, 0.25) is 5.02 Å². The smallest absolute Gasteiger partial charge is 0.0444 e. The second-order valence-corrected chi connectivity index (χ2v) is 6.11. The van der Waals surface area contributed by atoms with Crippen molar-refractivity contribution in [3.8, 4) is 0 Å². The highest BCUT2D eigenvalue weighted by atomic mass is 35.5. The van der Waals surface area contributed by atoms with Crippen LogP contribution in [0, 0.1) is 0 Å². The number of thioether (sulfide) groups is 1. The molecule has 0 saturated carbocycles. The molecule has 0 spiro atoms. The minimum Gasteiger partial charge on any atom is -0.315 e. The Morgan fingerprint density at radius 3 is 2.69 bits per heavy atom. The monoisotopic (exact) mass is 255 g/mol. The van der Waals surface area contributed by atoms with Crippen molar-refractivity contribution in [3.05, 3.63) is 34.9 Å². The lowest BCUT2D eigenvalue weighted by molar-refractivity contribution is 0.270. The lowest BCUT2D eigenvalue weighted by Gasteiger charge is -2.44. The van der Waals surface area contributed by atoms with Crippen molar-refractivity contribution in [2.75, 3.05) is 24.6 Å². The molecule has 1 nitrogen and oxygen atoms in total. The van der Waals surface area contributed by atoms with Crippen molar-refractivity contribution < 1.29 is 0 Å². The molecule has 1 N–H and O–H groups in total. The highest BCUT2D eigenvalue weighted by Gasteiger charge is 2.39. The summed E-state index contributed by atoms with van der Waals surface area (Å²) >= 11 is 8.31. The average Bonchev–Trinajstić information content (AvgIpc) is 2.24. The molecule has 1 saturated heterocycles. The van der Waals surface area contributed by atoms with E-state index >= 15 is 0 Å². The minimum atomic E-state index is 0.292. The summed E-state index contributed by atoms with van der Waals surface area (Å²) in [5, 5.41) is 4.31. The molecule has 0 unspecified atom stereocenters. The van der Waals surface area contributed by atoms with E-state index in [1.807, 2.05) is 23.9 Å². The van der Waals surface area contributed by atoms with Crippen LogP contribution in [0.4, 0.5) is 0 Å². The number of hydrogen-bond acceptors (Lipinski definition) is 2. The molecular weight excluding hydrogens is 238 g/mol. The van der Waals surface area contributed by atoms with Gasteiger partial charge >= 0.3 is 0 Å². The van der Waals surface area contributed by atoms with Crippen LogP contribution in [-0.2, 0) is 5.41 Å². The first-order valence-corrected chi connectivity index (χ1v) is 7.35. The second kappa shape index (κ2) is 5.44. The van der Waals surface area contributed by atoms with Gasteiger partial charge in [-0.3, -0.25) is 0 Å². The highest BCUT2D eigenvalue weighted by molar-refractivity contribution is 7.99. The first-order chi connectivity index (χ1) is 7.78. The Kier molecular flexibility index (Phi) is 4.17. The van der Waals surface area contributed by atoms with Crippen LogP contribution in [0.25, 0.3) is 0 Å². The van der Waals surface area contributed by atoms with E-state index in [0.29, 0.717) is 5.41 Å². The lowest BCUT2D eigenvalue weighted by atomic mass is 9.73. The van der Waals surface area contributed by atoms with Crippen LogP contribution >= 0.6 is 23.4 Å². The molecule has 1 aliphatic heterocycles. The molecule has 16 heavy (non-hydrogen) atoms. The number of nitrogens with one attached hydrogen (secondary N) is 1. The number of hydrogen-bond donors (Lipinski definition) is 1. The Bertz CT molecular complexity index is 350. The Morgan fingerprint density at radius 2 is 2.12 bits per heavy atom. The fraction of sp³-hybridized carbons (Fsp3) is 0.538. The molecule has 0 bridgehead atoms. The normalized spacial score (nSPS) is 18.1. The zero-order valence-electron chi connectivity index (χ0n) is 9.63. The van der Waals surface area contributed by atoms with Gasteiger partial charge in [0.1, 0.15) is 0 Å². The molecule has 0 aromatic heterocycles. The molecule has 3 heteroatoms. The van der Waals surface area contributed by atoms with Gasteiger partial charge in [-0.1, -0.05) is 36.7 Å². The summed E-state index contributed by atoms with van der Waals surface area (Å²) in [5.74, 6) is 2.43. The van der Waals surface area contributed by atoms with Crippen LogP contribution in [0.3, 0.4) is 0 Å². The Balaban J connectivity index is 2.12. The second-order valence-electron chi connectivity index (χ2n) is 4.31. The van der Waals surface area contributed by atoms with Crippen molar-refractivity contribution in [2.45, 2.75) is 18.8 Å². The fourth-order valence-electron chi connectivity index (χ4n) is 2.23. The van der Waals surface area contributed by atoms with E-state index < -0.39 is 0 Å². The molecule has 88 valence electrons. The first-order valence-electron chi connectivity index (χ1n) is 5.82. The highest BCUT2D eigenvalue weighted by Crippen LogP contribution is 2.37. The quantitative estimate of drug-likeness (QED) is 0.810. The van der Waals surface area contributed by atoms with Gasteiger partial charge in [-0.25, -0.2) is 0 Å². The van der Waals surface area contributed by atoms with Crippen molar-refractivity contribution in [1.29, 1.82) is 0 Å². The largest absolute Gasteiger partial charge is 0.315 e. The molecule has 1 aromatic carbocycles. The van der Waals surface area contributed by atoms with Gasteiger partial charge in [0.15, 0.2) is 0 Å². The maximum atomic E-state index is 6.30. The molecule has 1 heterocycles. The van der Waals surface area contributed by atoms with Crippen molar-refractivity contribution in [2.24, 2.45) is 0 Å². The minimum absolute atomic E-state index is 0.292.